The Bertz CT molecular complexity index is 353. The van der Waals surface area contributed by atoms with Crippen molar-refractivity contribution in [2.45, 2.75) is 38.1 Å². The molecule has 2 aliphatic rings. The van der Waals surface area contributed by atoms with Crippen molar-refractivity contribution in [3.63, 3.8) is 0 Å². The Morgan fingerprint density at radius 1 is 1.44 bits per heavy atom. The van der Waals surface area contributed by atoms with Crippen molar-refractivity contribution in [3.05, 3.63) is 16.1 Å². The number of thiazole rings is 1. The highest BCUT2D eigenvalue weighted by atomic mass is 35.5. The highest BCUT2D eigenvalue weighted by molar-refractivity contribution is 7.09. The van der Waals surface area contributed by atoms with E-state index < -0.39 is 0 Å². The van der Waals surface area contributed by atoms with Gasteiger partial charge in [-0.15, -0.1) is 23.7 Å². The summed E-state index contributed by atoms with van der Waals surface area (Å²) in [6, 6.07) is 0. The van der Waals surface area contributed by atoms with Gasteiger partial charge in [-0.2, -0.15) is 0 Å². The van der Waals surface area contributed by atoms with Gasteiger partial charge < -0.3 is 5.32 Å². The molecule has 2 nitrogen and oxygen atoms in total. The lowest BCUT2D eigenvalue weighted by atomic mass is 9.87. The van der Waals surface area contributed by atoms with Crippen LogP contribution in [0.5, 0.6) is 0 Å². The third kappa shape index (κ3) is 2.13. The van der Waals surface area contributed by atoms with E-state index in [0.29, 0.717) is 0 Å². The molecular formula is C12H19ClN2S. The summed E-state index contributed by atoms with van der Waals surface area (Å²) in [5.41, 5.74) is 1.39. The molecule has 0 aliphatic heterocycles. The first kappa shape index (κ1) is 12.3. The molecule has 3 unspecified atom stereocenters. The van der Waals surface area contributed by atoms with Crippen molar-refractivity contribution < 1.29 is 0 Å². The average Bonchev–Trinajstić information content (AvgIpc) is 2.91. The molecule has 3 rings (SSSR count). The second kappa shape index (κ2) is 5.03. The predicted octanol–water partition coefficient (Wildman–Crippen LogP) is 3.19. The Morgan fingerprint density at radius 2 is 2.31 bits per heavy atom. The Morgan fingerprint density at radius 3 is 2.94 bits per heavy atom. The van der Waals surface area contributed by atoms with Crippen LogP contribution in [-0.2, 0) is 6.54 Å². The first-order valence-electron chi connectivity index (χ1n) is 5.95. The summed E-state index contributed by atoms with van der Waals surface area (Å²) in [5.74, 6) is 2.78. The highest BCUT2D eigenvalue weighted by Gasteiger charge is 2.41. The minimum atomic E-state index is 0. The molecule has 2 aliphatic carbocycles. The standard InChI is InChI=1S/C12H18N2S.ClH/c1-13-6-12-14-11(7-15-12)10-5-8-2-3-9(10)4-8;/h7-10,13H,2-6H2,1H3;1H. The van der Waals surface area contributed by atoms with Crippen LogP contribution in [0, 0.1) is 11.8 Å². The fraction of sp³-hybridized carbons (Fsp3) is 0.750. The predicted molar refractivity (Wildman–Crippen MR) is 70.3 cm³/mol. The lowest BCUT2D eigenvalue weighted by Gasteiger charge is -2.19. The number of rotatable bonds is 3. The van der Waals surface area contributed by atoms with Crippen molar-refractivity contribution in [2.24, 2.45) is 11.8 Å². The number of nitrogens with zero attached hydrogens (tertiary/aromatic N) is 1. The normalized spacial score (nSPS) is 31.7. The van der Waals surface area contributed by atoms with Crippen LogP contribution in [0.15, 0.2) is 5.38 Å². The van der Waals surface area contributed by atoms with Gasteiger partial charge in [-0.3, -0.25) is 0 Å². The minimum absolute atomic E-state index is 0. The van der Waals surface area contributed by atoms with Crippen LogP contribution in [0.25, 0.3) is 0 Å². The molecule has 1 aromatic rings. The van der Waals surface area contributed by atoms with Crippen LogP contribution in [0.1, 0.15) is 42.3 Å². The van der Waals surface area contributed by atoms with Crippen molar-refractivity contribution in [1.29, 1.82) is 0 Å². The zero-order chi connectivity index (χ0) is 10.3. The van der Waals surface area contributed by atoms with Crippen LogP contribution >= 0.6 is 23.7 Å². The second-order valence-electron chi connectivity index (χ2n) is 4.98. The molecule has 2 bridgehead atoms. The van der Waals surface area contributed by atoms with Crippen LogP contribution in [0.3, 0.4) is 0 Å². The third-order valence-corrected chi connectivity index (χ3v) is 4.88. The van der Waals surface area contributed by atoms with Gasteiger partial charge in [0, 0.05) is 17.8 Å². The molecule has 0 spiro atoms. The number of nitrogens with one attached hydrogen (secondary N) is 1. The van der Waals surface area contributed by atoms with Gasteiger partial charge in [-0.05, 0) is 38.1 Å². The van der Waals surface area contributed by atoms with Crippen LogP contribution in [-0.4, -0.2) is 12.0 Å². The average molecular weight is 259 g/mol. The van der Waals surface area contributed by atoms with Gasteiger partial charge >= 0.3 is 0 Å². The number of hydrogen-bond donors (Lipinski definition) is 1. The molecule has 16 heavy (non-hydrogen) atoms. The maximum atomic E-state index is 4.76. The van der Waals surface area contributed by atoms with E-state index in [-0.39, 0.29) is 12.4 Å². The summed E-state index contributed by atoms with van der Waals surface area (Å²) in [4.78, 5) is 4.76. The third-order valence-electron chi connectivity index (χ3n) is 4.02. The molecule has 1 heterocycles. The minimum Gasteiger partial charge on any atom is -0.314 e. The molecular weight excluding hydrogens is 240 g/mol. The Hall–Kier alpha value is -0.120. The Labute approximate surface area is 107 Å². The van der Waals surface area contributed by atoms with E-state index in [1.54, 1.807) is 0 Å². The van der Waals surface area contributed by atoms with E-state index in [0.717, 1.165) is 24.3 Å². The van der Waals surface area contributed by atoms with Gasteiger partial charge in [-0.1, -0.05) is 6.42 Å². The highest BCUT2D eigenvalue weighted by Crippen LogP contribution is 2.52. The Kier molecular flexibility index (Phi) is 3.88. The molecule has 0 amide bonds. The molecule has 90 valence electrons. The van der Waals surface area contributed by atoms with Crippen molar-refractivity contribution in [2.75, 3.05) is 7.05 Å². The summed E-state index contributed by atoms with van der Waals surface area (Å²) in [5, 5.41) is 6.71. The molecule has 0 radical (unpaired) electrons. The molecule has 2 saturated carbocycles. The van der Waals surface area contributed by atoms with E-state index in [9.17, 15) is 0 Å². The molecule has 1 aromatic heterocycles. The quantitative estimate of drug-likeness (QED) is 0.901. The zero-order valence-corrected chi connectivity index (χ0v) is 11.2. The maximum Gasteiger partial charge on any atom is 0.107 e. The SMILES string of the molecule is CNCc1nc(C2CC3CCC2C3)cs1.Cl. The van der Waals surface area contributed by atoms with E-state index in [2.05, 4.69) is 10.7 Å². The smallest absolute Gasteiger partial charge is 0.107 e. The number of hydrogen-bond acceptors (Lipinski definition) is 3. The lowest BCUT2D eigenvalue weighted by Crippen LogP contribution is -2.10. The number of fused-ring (bicyclic) bond motifs is 2. The number of aromatic nitrogens is 1. The summed E-state index contributed by atoms with van der Waals surface area (Å²) >= 11 is 1.81. The fourth-order valence-corrected chi connectivity index (χ4v) is 4.20. The molecule has 4 heteroatoms. The zero-order valence-electron chi connectivity index (χ0n) is 9.61. The van der Waals surface area contributed by atoms with Crippen molar-refractivity contribution in [3.8, 4) is 0 Å². The molecule has 1 N–H and O–H groups in total. The lowest BCUT2D eigenvalue weighted by molar-refractivity contribution is 0.414. The summed E-state index contributed by atoms with van der Waals surface area (Å²) in [7, 11) is 1.98. The fourth-order valence-electron chi connectivity index (χ4n) is 3.33. The topological polar surface area (TPSA) is 24.9 Å². The van der Waals surface area contributed by atoms with Gasteiger partial charge in [0.2, 0.25) is 0 Å². The van der Waals surface area contributed by atoms with Gasteiger partial charge in [0.25, 0.3) is 0 Å². The largest absolute Gasteiger partial charge is 0.314 e. The molecule has 3 atom stereocenters. The van der Waals surface area contributed by atoms with Crippen LogP contribution in [0.2, 0.25) is 0 Å². The molecule has 0 saturated heterocycles. The first-order chi connectivity index (χ1) is 7.36. The summed E-state index contributed by atoms with van der Waals surface area (Å²) in [6.45, 7) is 0.922. The van der Waals surface area contributed by atoms with Crippen molar-refractivity contribution in [1.82, 2.24) is 10.3 Å². The molecule has 2 fully saturated rings. The monoisotopic (exact) mass is 258 g/mol. The second-order valence-corrected chi connectivity index (χ2v) is 5.92. The maximum absolute atomic E-state index is 4.76. The van der Waals surface area contributed by atoms with Gasteiger partial charge in [-0.25, -0.2) is 4.98 Å². The van der Waals surface area contributed by atoms with Gasteiger partial charge in [0.1, 0.15) is 5.01 Å². The van der Waals surface area contributed by atoms with Crippen molar-refractivity contribution >= 4 is 23.7 Å². The first-order valence-corrected chi connectivity index (χ1v) is 6.83. The van der Waals surface area contributed by atoms with Gasteiger partial charge in [0.15, 0.2) is 0 Å². The van der Waals surface area contributed by atoms with E-state index >= 15 is 0 Å². The Balaban J connectivity index is 0.000000963. The van der Waals surface area contributed by atoms with E-state index in [4.69, 9.17) is 4.98 Å². The van der Waals surface area contributed by atoms with Crippen LogP contribution < -0.4 is 5.32 Å². The van der Waals surface area contributed by atoms with E-state index in [1.807, 2.05) is 18.4 Å². The van der Waals surface area contributed by atoms with E-state index in [1.165, 1.54) is 36.4 Å². The van der Waals surface area contributed by atoms with Crippen LogP contribution in [0.4, 0.5) is 0 Å². The summed E-state index contributed by atoms with van der Waals surface area (Å²) < 4.78 is 0. The van der Waals surface area contributed by atoms with Gasteiger partial charge in [0.05, 0.1) is 5.69 Å². The molecule has 0 aromatic carbocycles. The summed E-state index contributed by atoms with van der Waals surface area (Å²) in [6.07, 6.45) is 5.82. The number of halogens is 1.